The third-order valence-electron chi connectivity index (χ3n) is 2.45. The van der Waals surface area contributed by atoms with Crippen molar-refractivity contribution < 1.29 is 14.3 Å². The van der Waals surface area contributed by atoms with E-state index >= 15 is 0 Å². The molecular weight excluding hydrogens is 262 g/mol. The molecule has 0 bridgehead atoms. The molecule has 0 aromatic carbocycles. The quantitative estimate of drug-likeness (QED) is 0.803. The number of rotatable bonds is 4. The van der Waals surface area contributed by atoms with Crippen LogP contribution in [0.25, 0.3) is 0 Å². The van der Waals surface area contributed by atoms with E-state index in [0.29, 0.717) is 5.69 Å². The van der Waals surface area contributed by atoms with Crippen LogP contribution < -0.4 is 5.32 Å². The molecule has 0 spiro atoms. The number of aromatic amines is 1. The molecule has 104 valence electrons. The summed E-state index contributed by atoms with van der Waals surface area (Å²) in [4.78, 5) is 31.4. The number of hydrogen-bond donors (Lipinski definition) is 2. The highest BCUT2D eigenvalue weighted by Gasteiger charge is 2.21. The van der Waals surface area contributed by atoms with Crippen molar-refractivity contribution in [1.82, 2.24) is 20.2 Å². The Morgan fingerprint density at radius 3 is 2.85 bits per heavy atom. The van der Waals surface area contributed by atoms with E-state index in [1.54, 1.807) is 13.8 Å². The summed E-state index contributed by atoms with van der Waals surface area (Å²) in [5, 5.41) is 9.01. The Bertz CT molecular complexity index is 623. The van der Waals surface area contributed by atoms with E-state index in [4.69, 9.17) is 4.74 Å². The molecule has 1 amide bonds. The van der Waals surface area contributed by atoms with Crippen molar-refractivity contribution >= 4 is 17.7 Å². The van der Waals surface area contributed by atoms with Crippen LogP contribution in [0.3, 0.4) is 0 Å². The van der Waals surface area contributed by atoms with Gasteiger partial charge < -0.3 is 10.1 Å². The predicted molar refractivity (Wildman–Crippen MR) is 69.3 cm³/mol. The summed E-state index contributed by atoms with van der Waals surface area (Å²) >= 11 is 0. The molecule has 0 saturated heterocycles. The van der Waals surface area contributed by atoms with Crippen molar-refractivity contribution in [3.05, 3.63) is 35.5 Å². The molecule has 2 aromatic rings. The van der Waals surface area contributed by atoms with Gasteiger partial charge in [0.15, 0.2) is 5.82 Å². The molecule has 8 heteroatoms. The van der Waals surface area contributed by atoms with E-state index in [1.165, 1.54) is 18.6 Å². The molecule has 0 atom stereocenters. The van der Waals surface area contributed by atoms with Crippen LogP contribution >= 0.6 is 0 Å². The average molecular weight is 275 g/mol. The Balaban J connectivity index is 2.22. The summed E-state index contributed by atoms with van der Waals surface area (Å²) < 4.78 is 4.92. The molecule has 2 N–H and O–H groups in total. The lowest BCUT2D eigenvalue weighted by atomic mass is 10.2. The van der Waals surface area contributed by atoms with Crippen LogP contribution in [-0.2, 0) is 4.74 Å². The van der Waals surface area contributed by atoms with Crippen LogP contribution in [0.4, 0.5) is 5.82 Å². The van der Waals surface area contributed by atoms with Crippen molar-refractivity contribution in [3.63, 3.8) is 0 Å². The topological polar surface area (TPSA) is 110 Å². The van der Waals surface area contributed by atoms with Crippen molar-refractivity contribution in [1.29, 1.82) is 0 Å². The van der Waals surface area contributed by atoms with Crippen LogP contribution in [0, 0.1) is 6.92 Å². The maximum Gasteiger partial charge on any atom is 0.343 e. The maximum atomic E-state index is 11.9. The predicted octanol–water partition coefficient (Wildman–Crippen LogP) is 0.937. The lowest BCUT2D eigenvalue weighted by molar-refractivity contribution is 0.0527. The second kappa shape index (κ2) is 5.91. The fraction of sp³-hybridized carbons (Fsp3) is 0.250. The monoisotopic (exact) mass is 275 g/mol. The zero-order valence-electron chi connectivity index (χ0n) is 11.0. The van der Waals surface area contributed by atoms with Gasteiger partial charge in [0.25, 0.3) is 5.91 Å². The molecular formula is C12H13N5O3. The molecule has 0 radical (unpaired) electrons. The first-order valence-electron chi connectivity index (χ1n) is 5.93. The zero-order chi connectivity index (χ0) is 14.5. The molecule has 2 rings (SSSR count). The average Bonchev–Trinajstić information content (AvgIpc) is 2.81. The molecule has 0 aliphatic heterocycles. The largest absolute Gasteiger partial charge is 0.462 e. The van der Waals surface area contributed by atoms with E-state index in [2.05, 4.69) is 25.5 Å². The van der Waals surface area contributed by atoms with E-state index < -0.39 is 11.9 Å². The standard InChI is InChI=1S/C12H13N5O3/c1-3-20-12(19)9-7(2)16-17-10(9)15-11(18)8-6-13-4-5-14-8/h4-6H,3H2,1-2H3,(H2,15,16,17,18). The van der Waals surface area contributed by atoms with Gasteiger partial charge >= 0.3 is 5.97 Å². The summed E-state index contributed by atoms with van der Waals surface area (Å²) in [6.07, 6.45) is 4.18. The summed E-state index contributed by atoms with van der Waals surface area (Å²) in [5.41, 5.74) is 0.838. The van der Waals surface area contributed by atoms with Gasteiger partial charge in [-0.05, 0) is 13.8 Å². The number of amides is 1. The number of hydrogen-bond acceptors (Lipinski definition) is 6. The van der Waals surface area contributed by atoms with Crippen molar-refractivity contribution in [2.75, 3.05) is 11.9 Å². The Labute approximate surface area is 114 Å². The number of nitrogens with one attached hydrogen (secondary N) is 2. The number of carbonyl (C=O) groups is 2. The fourth-order valence-electron chi connectivity index (χ4n) is 1.56. The van der Waals surface area contributed by atoms with Crippen molar-refractivity contribution in [2.24, 2.45) is 0 Å². The van der Waals surface area contributed by atoms with E-state index in [-0.39, 0.29) is 23.7 Å². The second-order valence-electron chi connectivity index (χ2n) is 3.84. The molecule has 20 heavy (non-hydrogen) atoms. The highest BCUT2D eigenvalue weighted by atomic mass is 16.5. The number of carbonyl (C=O) groups excluding carboxylic acids is 2. The normalized spacial score (nSPS) is 10.1. The van der Waals surface area contributed by atoms with Gasteiger partial charge in [0, 0.05) is 18.1 Å². The molecule has 0 unspecified atom stereocenters. The minimum absolute atomic E-state index is 0.108. The van der Waals surface area contributed by atoms with Gasteiger partial charge in [-0.25, -0.2) is 9.78 Å². The van der Waals surface area contributed by atoms with Crippen molar-refractivity contribution in [3.8, 4) is 0 Å². The number of esters is 1. The van der Waals surface area contributed by atoms with Crippen LogP contribution in [0.2, 0.25) is 0 Å². The first-order chi connectivity index (χ1) is 9.63. The zero-order valence-corrected chi connectivity index (χ0v) is 11.0. The second-order valence-corrected chi connectivity index (χ2v) is 3.84. The number of ether oxygens (including phenoxy) is 1. The lowest BCUT2D eigenvalue weighted by Gasteiger charge is -2.05. The van der Waals surface area contributed by atoms with Gasteiger partial charge in [0.05, 0.1) is 12.8 Å². The van der Waals surface area contributed by atoms with Crippen LogP contribution in [-0.4, -0.2) is 38.6 Å². The first-order valence-corrected chi connectivity index (χ1v) is 5.93. The van der Waals surface area contributed by atoms with Gasteiger partial charge in [-0.2, -0.15) is 5.10 Å². The van der Waals surface area contributed by atoms with Crippen LogP contribution in [0.5, 0.6) is 0 Å². The summed E-state index contributed by atoms with van der Waals surface area (Å²) in [6.45, 7) is 3.60. The Morgan fingerprint density at radius 1 is 1.40 bits per heavy atom. The molecule has 2 aromatic heterocycles. The summed E-state index contributed by atoms with van der Waals surface area (Å²) in [7, 11) is 0. The smallest absolute Gasteiger partial charge is 0.343 e. The van der Waals surface area contributed by atoms with Gasteiger partial charge in [-0.1, -0.05) is 0 Å². The van der Waals surface area contributed by atoms with E-state index in [0.717, 1.165) is 0 Å². The molecule has 0 aliphatic carbocycles. The third-order valence-corrected chi connectivity index (χ3v) is 2.45. The molecule has 2 heterocycles. The van der Waals surface area contributed by atoms with E-state index in [9.17, 15) is 9.59 Å². The Kier molecular flexibility index (Phi) is 4.04. The highest BCUT2D eigenvalue weighted by Crippen LogP contribution is 2.17. The molecule has 0 fully saturated rings. The highest BCUT2D eigenvalue weighted by molar-refractivity contribution is 6.06. The Morgan fingerprint density at radius 2 is 2.20 bits per heavy atom. The number of aryl methyl sites for hydroxylation is 1. The summed E-state index contributed by atoms with van der Waals surface area (Å²) in [6, 6.07) is 0. The van der Waals surface area contributed by atoms with Gasteiger partial charge in [0.2, 0.25) is 0 Å². The van der Waals surface area contributed by atoms with E-state index in [1.807, 2.05) is 0 Å². The number of anilines is 1. The SMILES string of the molecule is CCOC(=O)c1c(NC(=O)c2cnccn2)n[nH]c1C. The number of nitrogens with zero attached hydrogens (tertiary/aromatic N) is 3. The van der Waals surface area contributed by atoms with Crippen LogP contribution in [0.1, 0.15) is 33.5 Å². The minimum Gasteiger partial charge on any atom is -0.462 e. The van der Waals surface area contributed by atoms with Crippen molar-refractivity contribution in [2.45, 2.75) is 13.8 Å². The lowest BCUT2D eigenvalue weighted by Crippen LogP contribution is -2.17. The van der Waals surface area contributed by atoms with Gasteiger partial charge in [-0.3, -0.25) is 14.9 Å². The third kappa shape index (κ3) is 2.79. The maximum absolute atomic E-state index is 11.9. The fourth-order valence-corrected chi connectivity index (χ4v) is 1.56. The molecule has 8 nitrogen and oxygen atoms in total. The number of aromatic nitrogens is 4. The first kappa shape index (κ1) is 13.7. The Hall–Kier alpha value is -2.77. The molecule has 0 saturated carbocycles. The van der Waals surface area contributed by atoms with Gasteiger partial charge in [-0.15, -0.1) is 0 Å². The summed E-state index contributed by atoms with van der Waals surface area (Å²) in [5.74, 6) is -0.944. The molecule has 0 aliphatic rings. The van der Waals surface area contributed by atoms with Gasteiger partial charge in [0.1, 0.15) is 11.3 Å². The van der Waals surface area contributed by atoms with Crippen LogP contribution in [0.15, 0.2) is 18.6 Å². The minimum atomic E-state index is -0.548. The number of H-pyrrole nitrogens is 1.